The molecule has 2 aliphatic heterocycles. The second-order valence-electron chi connectivity index (χ2n) is 6.78. The van der Waals surface area contributed by atoms with Crippen molar-refractivity contribution in [2.45, 2.75) is 32.0 Å². The molecular formula is C19H27N3O10. The third-order valence-electron chi connectivity index (χ3n) is 4.55. The molecule has 1 unspecified atom stereocenters. The normalized spacial score (nSPS) is 18.1. The van der Waals surface area contributed by atoms with Crippen molar-refractivity contribution in [2.24, 2.45) is 0 Å². The summed E-state index contributed by atoms with van der Waals surface area (Å²) < 4.78 is 15.7. The highest BCUT2D eigenvalue weighted by atomic mass is 16.6. The van der Waals surface area contributed by atoms with Gasteiger partial charge in [0.05, 0.1) is 39.6 Å². The Balaban J connectivity index is 2.16. The van der Waals surface area contributed by atoms with Gasteiger partial charge in [0.25, 0.3) is 17.7 Å². The zero-order chi connectivity index (χ0) is 23.7. The van der Waals surface area contributed by atoms with Gasteiger partial charge in [-0.15, -0.1) is 0 Å². The maximum atomic E-state index is 12.7. The Morgan fingerprint density at radius 2 is 1.47 bits per heavy atom. The van der Waals surface area contributed by atoms with E-state index in [0.29, 0.717) is 14.9 Å². The summed E-state index contributed by atoms with van der Waals surface area (Å²) >= 11 is 0. The second kappa shape index (κ2) is 11.8. The lowest BCUT2D eigenvalue weighted by molar-refractivity contribution is -0.269. The third-order valence-corrected chi connectivity index (χ3v) is 4.55. The maximum absolute atomic E-state index is 12.7. The molecule has 0 aromatic rings. The van der Waals surface area contributed by atoms with Gasteiger partial charge in [-0.3, -0.25) is 24.0 Å². The highest BCUT2D eigenvalue weighted by Gasteiger charge is 2.55. The number of aliphatic hydroxyl groups excluding tert-OH is 1. The fourth-order valence-corrected chi connectivity index (χ4v) is 3.12. The number of hydrogen-bond donors (Lipinski definition) is 2. The van der Waals surface area contributed by atoms with Crippen molar-refractivity contribution in [2.75, 3.05) is 46.2 Å². The van der Waals surface area contributed by atoms with Gasteiger partial charge in [0, 0.05) is 31.4 Å². The van der Waals surface area contributed by atoms with Crippen LogP contribution in [0.1, 0.15) is 26.2 Å². The topological polar surface area (TPSA) is 163 Å². The molecule has 2 heterocycles. The molecule has 2 N–H and O–H groups in total. The van der Waals surface area contributed by atoms with Crippen LogP contribution >= 0.6 is 0 Å². The number of hydrogen-bond acceptors (Lipinski definition) is 10. The van der Waals surface area contributed by atoms with Gasteiger partial charge in [-0.25, -0.2) is 4.90 Å². The predicted molar refractivity (Wildman–Crippen MR) is 104 cm³/mol. The zero-order valence-corrected chi connectivity index (χ0v) is 17.7. The first-order valence-electron chi connectivity index (χ1n) is 10.1. The Kier molecular flexibility index (Phi) is 9.41. The molecule has 13 nitrogen and oxygen atoms in total. The van der Waals surface area contributed by atoms with Crippen molar-refractivity contribution in [1.82, 2.24) is 14.9 Å². The molecule has 178 valence electrons. The summed E-state index contributed by atoms with van der Waals surface area (Å²) in [5.41, 5.74) is 0. The van der Waals surface area contributed by atoms with Gasteiger partial charge in [0.2, 0.25) is 17.7 Å². The van der Waals surface area contributed by atoms with Crippen LogP contribution in [0.15, 0.2) is 12.2 Å². The molecule has 0 spiro atoms. The first-order chi connectivity index (χ1) is 15.3. The van der Waals surface area contributed by atoms with Gasteiger partial charge in [-0.05, 0) is 0 Å². The van der Waals surface area contributed by atoms with E-state index in [4.69, 9.17) is 19.3 Å². The lowest BCUT2D eigenvalue weighted by Crippen LogP contribution is -2.71. The Labute approximate surface area is 184 Å². The summed E-state index contributed by atoms with van der Waals surface area (Å²) in [7, 11) is 0. The Morgan fingerprint density at radius 3 is 1.97 bits per heavy atom. The largest absolute Gasteiger partial charge is 0.394 e. The molecule has 1 fully saturated rings. The minimum atomic E-state index is -2.74. The highest BCUT2D eigenvalue weighted by Crippen LogP contribution is 2.29. The van der Waals surface area contributed by atoms with Crippen LogP contribution in [0.3, 0.4) is 0 Å². The van der Waals surface area contributed by atoms with Gasteiger partial charge in [0.15, 0.2) is 0 Å². The average molecular weight is 457 g/mol. The van der Waals surface area contributed by atoms with Gasteiger partial charge >= 0.3 is 0 Å². The van der Waals surface area contributed by atoms with Crippen molar-refractivity contribution in [3.63, 3.8) is 0 Å². The summed E-state index contributed by atoms with van der Waals surface area (Å²) in [6, 6.07) is 0. The number of imide groups is 2. The molecule has 32 heavy (non-hydrogen) atoms. The SMILES string of the molecule is CCC(=O)N(N1C(=O)C=CC1=O)C(O)(COCCOCCOCCO)N1C(=O)CCC1=O. The Bertz CT molecular complexity index is 736. The number of ether oxygens (including phenoxy) is 3. The number of rotatable bonds is 14. The van der Waals surface area contributed by atoms with E-state index in [1.165, 1.54) is 6.92 Å². The Morgan fingerprint density at radius 1 is 0.969 bits per heavy atom. The monoisotopic (exact) mass is 457 g/mol. The van der Waals surface area contributed by atoms with Gasteiger partial charge < -0.3 is 24.4 Å². The molecule has 0 radical (unpaired) electrons. The van der Waals surface area contributed by atoms with E-state index in [9.17, 15) is 29.1 Å². The van der Waals surface area contributed by atoms with Crippen LogP contribution in [0.5, 0.6) is 0 Å². The number of aliphatic hydroxyl groups is 2. The first kappa shape index (κ1) is 25.5. The summed E-state index contributed by atoms with van der Waals surface area (Å²) in [4.78, 5) is 62.4. The molecule has 1 saturated heterocycles. The van der Waals surface area contributed by atoms with Gasteiger partial charge in [0.1, 0.15) is 6.61 Å². The molecule has 2 rings (SSSR count). The third kappa shape index (κ3) is 5.75. The van der Waals surface area contributed by atoms with E-state index in [2.05, 4.69) is 0 Å². The van der Waals surface area contributed by atoms with Crippen molar-refractivity contribution < 1.29 is 48.4 Å². The van der Waals surface area contributed by atoms with E-state index in [0.717, 1.165) is 12.2 Å². The minimum absolute atomic E-state index is 0.0469. The van der Waals surface area contributed by atoms with Crippen molar-refractivity contribution in [3.05, 3.63) is 12.2 Å². The molecule has 5 amide bonds. The first-order valence-corrected chi connectivity index (χ1v) is 10.1. The molecule has 2 aliphatic rings. The summed E-state index contributed by atoms with van der Waals surface area (Å²) in [5.74, 6) is -7.01. The van der Waals surface area contributed by atoms with Crippen LogP contribution in [0.2, 0.25) is 0 Å². The molecule has 0 saturated carbocycles. The molecule has 0 aromatic carbocycles. The van der Waals surface area contributed by atoms with Gasteiger partial charge in [-0.1, -0.05) is 6.92 Å². The van der Waals surface area contributed by atoms with Crippen LogP contribution in [-0.2, 0) is 38.2 Å². The number of carbonyl (C=O) groups is 5. The fourth-order valence-electron chi connectivity index (χ4n) is 3.12. The van der Waals surface area contributed by atoms with Crippen LogP contribution in [0.4, 0.5) is 0 Å². The van der Waals surface area contributed by atoms with Crippen LogP contribution in [-0.4, -0.2) is 107 Å². The highest BCUT2D eigenvalue weighted by molar-refractivity contribution is 6.13. The van der Waals surface area contributed by atoms with Crippen molar-refractivity contribution >= 4 is 29.5 Å². The molecule has 13 heteroatoms. The molecule has 0 aromatic heterocycles. The number of nitrogens with zero attached hydrogens (tertiary/aromatic N) is 3. The standard InChI is InChI=1S/C19H27N3O10/c1-2-14(24)22(21-17(27)5-6-18(21)28)19(29,20-15(25)3-4-16(20)26)13-32-12-11-31-10-9-30-8-7-23/h5-6,23,29H,2-4,7-13H2,1H3. The van der Waals surface area contributed by atoms with E-state index < -0.39 is 42.0 Å². The van der Waals surface area contributed by atoms with E-state index in [-0.39, 0.29) is 58.9 Å². The van der Waals surface area contributed by atoms with Crippen LogP contribution in [0.25, 0.3) is 0 Å². The maximum Gasteiger partial charge on any atom is 0.273 e. The number of hydrazine groups is 1. The number of amides is 5. The lowest BCUT2D eigenvalue weighted by atomic mass is 10.3. The van der Waals surface area contributed by atoms with Crippen LogP contribution < -0.4 is 0 Å². The van der Waals surface area contributed by atoms with E-state index >= 15 is 0 Å². The summed E-state index contributed by atoms with van der Waals surface area (Å²) in [6.07, 6.45) is 1.16. The summed E-state index contributed by atoms with van der Waals surface area (Å²) in [5, 5.41) is 20.8. The Hall–Kier alpha value is -2.71. The number of likely N-dealkylation sites (tertiary alicyclic amines) is 1. The van der Waals surface area contributed by atoms with Crippen LogP contribution in [0, 0.1) is 0 Å². The molecule has 0 aliphatic carbocycles. The van der Waals surface area contributed by atoms with E-state index in [1.807, 2.05) is 0 Å². The van der Waals surface area contributed by atoms with E-state index in [1.54, 1.807) is 0 Å². The fraction of sp³-hybridized carbons (Fsp3) is 0.632. The smallest absolute Gasteiger partial charge is 0.273 e. The summed E-state index contributed by atoms with van der Waals surface area (Å²) in [6.45, 7) is 1.10. The average Bonchev–Trinajstić information content (AvgIpc) is 3.28. The number of carbonyl (C=O) groups excluding carboxylic acids is 5. The molecule has 1 atom stereocenters. The van der Waals surface area contributed by atoms with Crippen molar-refractivity contribution in [1.29, 1.82) is 0 Å². The second-order valence-corrected chi connectivity index (χ2v) is 6.78. The quantitative estimate of drug-likeness (QED) is 0.168. The minimum Gasteiger partial charge on any atom is -0.394 e. The van der Waals surface area contributed by atoms with Gasteiger partial charge in [-0.2, -0.15) is 10.0 Å². The van der Waals surface area contributed by atoms with Crippen molar-refractivity contribution in [3.8, 4) is 0 Å². The molecular weight excluding hydrogens is 430 g/mol. The zero-order valence-electron chi connectivity index (χ0n) is 17.7. The predicted octanol–water partition coefficient (Wildman–Crippen LogP) is -2.10. The molecule has 0 bridgehead atoms. The lowest BCUT2D eigenvalue weighted by Gasteiger charge is -2.45.